The summed E-state index contributed by atoms with van der Waals surface area (Å²) in [5.41, 5.74) is -0.0999. The molecule has 3 aliphatic rings. The van der Waals surface area contributed by atoms with Crippen LogP contribution in [-0.2, 0) is 28.5 Å². The van der Waals surface area contributed by atoms with Crippen molar-refractivity contribution in [3.63, 3.8) is 0 Å². The van der Waals surface area contributed by atoms with Crippen molar-refractivity contribution < 1.29 is 54.1 Å². The lowest BCUT2D eigenvalue weighted by atomic mass is 9.77. The second-order valence-corrected chi connectivity index (χ2v) is 6.80. The molecule has 0 aliphatic carbocycles. The van der Waals surface area contributed by atoms with Crippen molar-refractivity contribution in [3.8, 4) is 0 Å². The van der Waals surface area contributed by atoms with E-state index in [-0.39, 0.29) is 12.0 Å². The number of esters is 1. The molecule has 0 aromatic carbocycles. The smallest absolute Gasteiger partial charge is 0.335 e. The molecule has 152 valence electrons. The summed E-state index contributed by atoms with van der Waals surface area (Å²) in [4.78, 5) is 23.2. The van der Waals surface area contributed by atoms with Crippen molar-refractivity contribution in [2.24, 2.45) is 11.8 Å². The molecular weight excluding hydrogens is 368 g/mol. The lowest BCUT2D eigenvalue weighted by molar-refractivity contribution is -0.346. The SMILES string of the molecule is C[C@@H]1OC(=O)C[C@@H]2C(C(=O)O)=CO[C@@H](O[C@@H]3O[C@H](CO)[C@@H](O)[C@H](O)[C@H]3O)[C@H]12. The molecule has 11 heteroatoms. The maximum Gasteiger partial charge on any atom is 0.335 e. The first-order valence-corrected chi connectivity index (χ1v) is 8.48. The number of ether oxygens (including phenoxy) is 4. The number of carboxylic acid groups (broad SMARTS) is 1. The average molecular weight is 390 g/mol. The molecule has 9 atom stereocenters. The van der Waals surface area contributed by atoms with Crippen LogP contribution in [0.1, 0.15) is 13.3 Å². The number of carboxylic acids is 1. The van der Waals surface area contributed by atoms with Crippen LogP contribution in [0.5, 0.6) is 0 Å². The Balaban J connectivity index is 1.82. The lowest BCUT2D eigenvalue weighted by Crippen LogP contribution is -2.61. The van der Waals surface area contributed by atoms with Gasteiger partial charge in [0.15, 0.2) is 6.29 Å². The summed E-state index contributed by atoms with van der Waals surface area (Å²) in [6.07, 6.45) is -8.54. The van der Waals surface area contributed by atoms with Gasteiger partial charge in [-0.25, -0.2) is 4.79 Å². The number of cyclic esters (lactones) is 1. The summed E-state index contributed by atoms with van der Waals surface area (Å²) in [5, 5.41) is 48.4. The third-order valence-corrected chi connectivity index (χ3v) is 5.12. The molecule has 2 fully saturated rings. The van der Waals surface area contributed by atoms with Gasteiger partial charge in [-0.15, -0.1) is 0 Å². The molecule has 0 radical (unpaired) electrons. The highest BCUT2D eigenvalue weighted by Crippen LogP contribution is 2.41. The van der Waals surface area contributed by atoms with E-state index in [2.05, 4.69) is 0 Å². The first-order valence-electron chi connectivity index (χ1n) is 8.48. The number of carbonyl (C=O) groups is 2. The fourth-order valence-corrected chi connectivity index (χ4v) is 3.67. The van der Waals surface area contributed by atoms with Gasteiger partial charge in [-0.1, -0.05) is 0 Å². The second-order valence-electron chi connectivity index (χ2n) is 6.80. The molecule has 3 aliphatic heterocycles. The van der Waals surface area contributed by atoms with Crippen LogP contribution in [0.2, 0.25) is 0 Å². The van der Waals surface area contributed by atoms with Crippen molar-refractivity contribution in [2.75, 3.05) is 6.61 Å². The molecule has 3 heterocycles. The van der Waals surface area contributed by atoms with Crippen LogP contribution in [0.3, 0.4) is 0 Å². The maximum absolute atomic E-state index is 11.7. The predicted octanol–water partition coefficient (Wildman–Crippen LogP) is -2.30. The summed E-state index contributed by atoms with van der Waals surface area (Å²) < 4.78 is 21.4. The molecular formula is C16H22O11. The van der Waals surface area contributed by atoms with Crippen molar-refractivity contribution in [1.29, 1.82) is 0 Å². The van der Waals surface area contributed by atoms with E-state index in [0.29, 0.717) is 0 Å². The Morgan fingerprint density at radius 2 is 1.93 bits per heavy atom. The number of hydrogen-bond donors (Lipinski definition) is 5. The van der Waals surface area contributed by atoms with Crippen LogP contribution in [-0.4, -0.2) is 87.2 Å². The Bertz CT molecular complexity index is 617. The zero-order valence-electron chi connectivity index (χ0n) is 14.4. The highest BCUT2D eigenvalue weighted by Gasteiger charge is 2.51. The second kappa shape index (κ2) is 7.70. The summed E-state index contributed by atoms with van der Waals surface area (Å²) in [6, 6.07) is 0. The molecule has 0 aromatic rings. The fourth-order valence-electron chi connectivity index (χ4n) is 3.67. The molecule has 0 aromatic heterocycles. The molecule has 0 bridgehead atoms. The van der Waals surface area contributed by atoms with E-state index >= 15 is 0 Å². The molecule has 0 amide bonds. The van der Waals surface area contributed by atoms with Gasteiger partial charge < -0.3 is 44.5 Å². The van der Waals surface area contributed by atoms with Crippen LogP contribution < -0.4 is 0 Å². The monoisotopic (exact) mass is 390 g/mol. The molecule has 5 N–H and O–H groups in total. The number of aliphatic hydroxyl groups is 4. The standard InChI is InChI=1S/C16H22O11/c1-5-10-6(2-9(18)25-5)7(14(22)23)4-24-15(10)27-16-13(21)12(20)11(19)8(3-17)26-16/h4-6,8,10-13,15-17,19-21H,2-3H2,1H3,(H,22,23)/t5-,6+,8+,10+,11+,12-,13+,15-,16-/m0/s1. The van der Waals surface area contributed by atoms with E-state index in [1.807, 2.05) is 0 Å². The first kappa shape index (κ1) is 20.0. The largest absolute Gasteiger partial charge is 0.478 e. The number of rotatable bonds is 4. The molecule has 0 spiro atoms. The average Bonchev–Trinajstić information content (AvgIpc) is 2.61. The van der Waals surface area contributed by atoms with Gasteiger partial charge in [0.05, 0.1) is 30.8 Å². The lowest BCUT2D eigenvalue weighted by Gasteiger charge is -2.45. The van der Waals surface area contributed by atoms with Crippen molar-refractivity contribution in [3.05, 3.63) is 11.8 Å². The Morgan fingerprint density at radius 3 is 2.56 bits per heavy atom. The third kappa shape index (κ3) is 3.66. The van der Waals surface area contributed by atoms with Crippen LogP contribution in [0.15, 0.2) is 11.8 Å². The molecule has 2 saturated heterocycles. The topological polar surface area (TPSA) is 172 Å². The van der Waals surface area contributed by atoms with Gasteiger partial charge in [0.25, 0.3) is 0 Å². The van der Waals surface area contributed by atoms with Gasteiger partial charge in [0.1, 0.15) is 30.5 Å². The fraction of sp³-hybridized carbons (Fsp3) is 0.750. The summed E-state index contributed by atoms with van der Waals surface area (Å²) >= 11 is 0. The highest BCUT2D eigenvalue weighted by molar-refractivity contribution is 5.88. The minimum atomic E-state index is -1.64. The molecule has 0 unspecified atom stereocenters. The Hall–Kier alpha value is -1.76. The number of carbonyl (C=O) groups excluding carboxylic acids is 1. The minimum Gasteiger partial charge on any atom is -0.478 e. The van der Waals surface area contributed by atoms with E-state index in [1.54, 1.807) is 6.92 Å². The van der Waals surface area contributed by atoms with E-state index in [0.717, 1.165) is 6.26 Å². The molecule has 3 rings (SSSR count). The molecule has 27 heavy (non-hydrogen) atoms. The molecule has 0 saturated carbocycles. The van der Waals surface area contributed by atoms with E-state index in [4.69, 9.17) is 18.9 Å². The van der Waals surface area contributed by atoms with Crippen LogP contribution in [0, 0.1) is 11.8 Å². The highest BCUT2D eigenvalue weighted by atomic mass is 16.8. The normalized spacial score (nSPS) is 44.6. The van der Waals surface area contributed by atoms with Crippen LogP contribution >= 0.6 is 0 Å². The van der Waals surface area contributed by atoms with E-state index in [1.165, 1.54) is 0 Å². The summed E-state index contributed by atoms with van der Waals surface area (Å²) in [7, 11) is 0. The maximum atomic E-state index is 11.7. The third-order valence-electron chi connectivity index (χ3n) is 5.12. The zero-order valence-corrected chi connectivity index (χ0v) is 14.4. The van der Waals surface area contributed by atoms with Crippen LogP contribution in [0.4, 0.5) is 0 Å². The zero-order chi connectivity index (χ0) is 19.9. The van der Waals surface area contributed by atoms with Crippen molar-refractivity contribution in [2.45, 2.75) is 56.4 Å². The van der Waals surface area contributed by atoms with Crippen molar-refractivity contribution in [1.82, 2.24) is 0 Å². The number of fused-ring (bicyclic) bond motifs is 1. The van der Waals surface area contributed by atoms with Gasteiger partial charge in [-0.05, 0) is 6.92 Å². The summed E-state index contributed by atoms with van der Waals surface area (Å²) in [6.45, 7) is 0.936. The Kier molecular flexibility index (Phi) is 5.70. The molecule has 11 nitrogen and oxygen atoms in total. The summed E-state index contributed by atoms with van der Waals surface area (Å²) in [5.74, 6) is -3.23. The van der Waals surface area contributed by atoms with Gasteiger partial charge in [0, 0.05) is 5.92 Å². The number of hydrogen-bond acceptors (Lipinski definition) is 10. The minimum absolute atomic E-state index is 0.0999. The van der Waals surface area contributed by atoms with Gasteiger partial charge in [-0.2, -0.15) is 0 Å². The van der Waals surface area contributed by atoms with Gasteiger partial charge >= 0.3 is 11.9 Å². The first-order chi connectivity index (χ1) is 12.7. The number of aliphatic hydroxyl groups excluding tert-OH is 4. The Morgan fingerprint density at radius 1 is 1.22 bits per heavy atom. The van der Waals surface area contributed by atoms with Crippen LogP contribution in [0.25, 0.3) is 0 Å². The predicted molar refractivity (Wildman–Crippen MR) is 82.6 cm³/mol. The van der Waals surface area contributed by atoms with E-state index in [9.17, 15) is 35.1 Å². The van der Waals surface area contributed by atoms with E-state index < -0.39 is 73.5 Å². The van der Waals surface area contributed by atoms with Gasteiger partial charge in [-0.3, -0.25) is 4.79 Å². The quantitative estimate of drug-likeness (QED) is 0.327. The number of aliphatic carboxylic acids is 1. The Labute approximate surface area is 153 Å². The van der Waals surface area contributed by atoms with Gasteiger partial charge in [0.2, 0.25) is 6.29 Å². The van der Waals surface area contributed by atoms with Crippen molar-refractivity contribution >= 4 is 11.9 Å².